The van der Waals surface area contributed by atoms with Gasteiger partial charge in [0, 0.05) is 34.0 Å². The first-order valence-electron chi connectivity index (χ1n) is 10.7. The van der Waals surface area contributed by atoms with Crippen LogP contribution >= 0.6 is 0 Å². The van der Waals surface area contributed by atoms with Crippen molar-refractivity contribution in [2.45, 2.75) is 6.92 Å². The molecule has 170 valence electrons. The Labute approximate surface area is 196 Å². The molecule has 0 spiro atoms. The second-order valence-corrected chi connectivity index (χ2v) is 7.46. The van der Waals surface area contributed by atoms with Crippen molar-refractivity contribution in [3.05, 3.63) is 101 Å². The van der Waals surface area contributed by atoms with E-state index in [-0.39, 0.29) is 22.7 Å². The van der Waals surface area contributed by atoms with E-state index in [4.69, 9.17) is 9.47 Å². The zero-order chi connectivity index (χ0) is 24.1. The average Bonchev–Trinajstić information content (AvgIpc) is 2.86. The van der Waals surface area contributed by atoms with Crippen LogP contribution in [0.1, 0.15) is 44.3 Å². The highest BCUT2D eigenvalue weighted by Gasteiger charge is 2.29. The Kier molecular flexibility index (Phi) is 6.64. The molecule has 0 heterocycles. The molecule has 1 aliphatic carbocycles. The van der Waals surface area contributed by atoms with E-state index in [1.54, 1.807) is 54.6 Å². The molecular weight excluding hydrogens is 434 g/mol. The molecule has 0 atom stereocenters. The number of benzene rings is 3. The maximum absolute atomic E-state index is 12.8. The molecule has 0 fully saturated rings. The predicted molar refractivity (Wildman–Crippen MR) is 126 cm³/mol. The quantitative estimate of drug-likeness (QED) is 0.333. The number of ether oxygens (including phenoxy) is 2. The number of fused-ring (bicyclic) bond motifs is 2. The number of carbonyl (C=O) groups is 4. The number of hydrogen-bond donors (Lipinski definition) is 1. The molecule has 1 aliphatic rings. The summed E-state index contributed by atoms with van der Waals surface area (Å²) in [5.74, 6) is -1.04. The first-order chi connectivity index (χ1) is 16.5. The summed E-state index contributed by atoms with van der Waals surface area (Å²) in [4.78, 5) is 49.6. The van der Waals surface area contributed by atoms with Gasteiger partial charge in [-0.1, -0.05) is 36.4 Å². The number of rotatable bonds is 7. The minimum atomic E-state index is -0.674. The first-order valence-corrected chi connectivity index (χ1v) is 10.7. The number of ketones is 2. The Hall–Kier alpha value is -4.52. The minimum Gasteiger partial charge on any atom is -0.494 e. The molecule has 0 unspecified atom stereocenters. The second kappa shape index (κ2) is 9.95. The lowest BCUT2D eigenvalue weighted by molar-refractivity contribution is -0.142. The van der Waals surface area contributed by atoms with E-state index in [0.717, 1.165) is 11.3 Å². The van der Waals surface area contributed by atoms with E-state index in [1.165, 1.54) is 24.3 Å². The van der Waals surface area contributed by atoms with Crippen molar-refractivity contribution < 1.29 is 28.7 Å². The van der Waals surface area contributed by atoms with Crippen LogP contribution < -0.4 is 10.1 Å². The number of esters is 1. The standard InChI is InChI=1S/C27H21NO6/c1-2-33-19-11-7-17(8-12-19)9-14-25(30)34-16-24(29)28-18-10-13-22-23(15-18)27(32)21-6-4-3-5-20(21)26(22)31/h3-15H,2,16H2,1H3,(H,28,29)/b14-9+. The van der Waals surface area contributed by atoms with Crippen molar-refractivity contribution in [1.82, 2.24) is 0 Å². The maximum atomic E-state index is 12.8. The van der Waals surface area contributed by atoms with Gasteiger partial charge in [-0.25, -0.2) is 4.79 Å². The molecule has 0 aromatic heterocycles. The van der Waals surface area contributed by atoms with Crippen LogP contribution in [0.15, 0.2) is 72.8 Å². The highest BCUT2D eigenvalue weighted by molar-refractivity contribution is 6.28. The van der Waals surface area contributed by atoms with Gasteiger partial charge in [-0.2, -0.15) is 0 Å². The number of hydrogen-bond acceptors (Lipinski definition) is 6. The second-order valence-electron chi connectivity index (χ2n) is 7.46. The minimum absolute atomic E-state index is 0.219. The van der Waals surface area contributed by atoms with Gasteiger partial charge in [0.15, 0.2) is 18.2 Å². The van der Waals surface area contributed by atoms with Crippen LogP contribution in [0.4, 0.5) is 5.69 Å². The SMILES string of the molecule is CCOc1ccc(/C=C/C(=O)OCC(=O)Nc2ccc3c(c2)C(=O)c2ccccc2C3=O)cc1. The molecule has 3 aromatic rings. The van der Waals surface area contributed by atoms with E-state index in [1.807, 2.05) is 6.92 Å². The Bertz CT molecular complexity index is 1310. The molecule has 0 radical (unpaired) electrons. The zero-order valence-corrected chi connectivity index (χ0v) is 18.4. The smallest absolute Gasteiger partial charge is 0.331 e. The van der Waals surface area contributed by atoms with Gasteiger partial charge in [0.1, 0.15) is 5.75 Å². The fraction of sp³-hybridized carbons (Fsp3) is 0.111. The van der Waals surface area contributed by atoms with E-state index in [9.17, 15) is 19.2 Å². The van der Waals surface area contributed by atoms with Crippen molar-refractivity contribution in [1.29, 1.82) is 0 Å². The summed E-state index contributed by atoms with van der Waals surface area (Å²) in [6.45, 7) is 1.96. The lowest BCUT2D eigenvalue weighted by Gasteiger charge is -2.18. The van der Waals surface area contributed by atoms with Gasteiger partial charge < -0.3 is 14.8 Å². The van der Waals surface area contributed by atoms with E-state index < -0.39 is 18.5 Å². The van der Waals surface area contributed by atoms with Crippen LogP contribution in [-0.2, 0) is 14.3 Å². The van der Waals surface area contributed by atoms with Crippen molar-refractivity contribution >= 4 is 35.2 Å². The highest BCUT2D eigenvalue weighted by Crippen LogP contribution is 2.29. The number of nitrogens with one attached hydrogen (secondary N) is 1. The average molecular weight is 455 g/mol. The first kappa shape index (κ1) is 22.7. The predicted octanol–water partition coefficient (Wildman–Crippen LogP) is 4.06. The molecule has 0 saturated carbocycles. The lowest BCUT2D eigenvalue weighted by Crippen LogP contribution is -2.23. The molecule has 7 heteroatoms. The van der Waals surface area contributed by atoms with E-state index in [2.05, 4.69) is 5.32 Å². The maximum Gasteiger partial charge on any atom is 0.331 e. The van der Waals surface area contributed by atoms with Crippen molar-refractivity contribution in [3.8, 4) is 5.75 Å². The number of amides is 1. The van der Waals surface area contributed by atoms with Crippen molar-refractivity contribution in [3.63, 3.8) is 0 Å². The van der Waals surface area contributed by atoms with Gasteiger partial charge in [-0.15, -0.1) is 0 Å². The molecule has 7 nitrogen and oxygen atoms in total. The fourth-order valence-electron chi connectivity index (χ4n) is 3.57. The summed E-state index contributed by atoms with van der Waals surface area (Å²) in [6, 6.07) is 18.3. The third-order valence-electron chi connectivity index (χ3n) is 5.16. The Balaban J connectivity index is 1.34. The number of anilines is 1. The largest absolute Gasteiger partial charge is 0.494 e. The molecule has 34 heavy (non-hydrogen) atoms. The lowest BCUT2D eigenvalue weighted by atomic mass is 9.84. The molecule has 1 amide bonds. The number of carbonyl (C=O) groups excluding carboxylic acids is 4. The summed E-state index contributed by atoms with van der Waals surface area (Å²) in [7, 11) is 0. The third-order valence-corrected chi connectivity index (χ3v) is 5.16. The van der Waals surface area contributed by atoms with Crippen molar-refractivity contribution in [2.75, 3.05) is 18.5 Å². The van der Waals surface area contributed by atoms with Gasteiger partial charge in [0.2, 0.25) is 0 Å². The molecule has 4 rings (SSSR count). The zero-order valence-electron chi connectivity index (χ0n) is 18.4. The van der Waals surface area contributed by atoms with Crippen LogP contribution in [0.2, 0.25) is 0 Å². The fourth-order valence-corrected chi connectivity index (χ4v) is 3.57. The van der Waals surface area contributed by atoms with Crippen LogP contribution in [0, 0.1) is 0 Å². The molecule has 0 bridgehead atoms. The summed E-state index contributed by atoms with van der Waals surface area (Å²) in [6.07, 6.45) is 2.80. The van der Waals surface area contributed by atoms with Gasteiger partial charge in [0.05, 0.1) is 6.61 Å². The van der Waals surface area contributed by atoms with Crippen LogP contribution in [0.3, 0.4) is 0 Å². The van der Waals surface area contributed by atoms with Crippen LogP contribution in [0.25, 0.3) is 6.08 Å². The van der Waals surface area contributed by atoms with Gasteiger partial charge >= 0.3 is 5.97 Å². The Morgan fingerprint density at radius 3 is 2.18 bits per heavy atom. The summed E-state index contributed by atoms with van der Waals surface area (Å²) >= 11 is 0. The molecule has 1 N–H and O–H groups in total. The molecule has 3 aromatic carbocycles. The Morgan fingerprint density at radius 2 is 1.50 bits per heavy atom. The molecular formula is C27H21NO6. The van der Waals surface area contributed by atoms with Gasteiger partial charge in [-0.3, -0.25) is 14.4 Å². The summed E-state index contributed by atoms with van der Waals surface area (Å²) < 4.78 is 10.3. The Morgan fingerprint density at radius 1 is 0.853 bits per heavy atom. The molecule has 0 saturated heterocycles. The highest BCUT2D eigenvalue weighted by atomic mass is 16.5. The van der Waals surface area contributed by atoms with Crippen LogP contribution in [-0.4, -0.2) is 36.7 Å². The van der Waals surface area contributed by atoms with Gasteiger partial charge in [-0.05, 0) is 48.9 Å². The van der Waals surface area contributed by atoms with Crippen LogP contribution in [0.5, 0.6) is 5.75 Å². The van der Waals surface area contributed by atoms with Crippen molar-refractivity contribution in [2.24, 2.45) is 0 Å². The monoisotopic (exact) mass is 455 g/mol. The summed E-state index contributed by atoms with van der Waals surface area (Å²) in [5, 5.41) is 2.58. The molecule has 0 aliphatic heterocycles. The van der Waals surface area contributed by atoms with Gasteiger partial charge in [0.25, 0.3) is 5.91 Å². The third kappa shape index (κ3) is 4.94. The summed E-state index contributed by atoms with van der Waals surface area (Å²) in [5.41, 5.74) is 2.30. The van der Waals surface area contributed by atoms with E-state index >= 15 is 0 Å². The van der Waals surface area contributed by atoms with E-state index in [0.29, 0.717) is 23.4 Å². The topological polar surface area (TPSA) is 98.8 Å². The normalized spacial score (nSPS) is 12.1.